The molecule has 1 saturated carbocycles. The number of ether oxygens (including phenoxy) is 2. The molecule has 0 N–H and O–H groups in total. The summed E-state index contributed by atoms with van der Waals surface area (Å²) in [6, 6.07) is 18.9. The number of carbonyl (C=O) groups is 2. The van der Waals surface area contributed by atoms with Gasteiger partial charge in [-0.15, -0.1) is 0 Å². The first-order chi connectivity index (χ1) is 12.2. The maximum atomic E-state index is 12.7. The Hall–Kier alpha value is -2.62. The number of hydrogen-bond acceptors (Lipinski definition) is 4. The van der Waals surface area contributed by atoms with E-state index >= 15 is 0 Å². The average molecular weight is 337 g/mol. The molecule has 4 heteroatoms. The van der Waals surface area contributed by atoms with Crippen molar-refractivity contribution in [2.75, 3.05) is 0 Å². The molecule has 129 valence electrons. The van der Waals surface area contributed by atoms with Crippen LogP contribution in [0.5, 0.6) is 0 Å². The van der Waals surface area contributed by atoms with E-state index in [0.29, 0.717) is 19.3 Å². The molecule has 0 bridgehead atoms. The second kappa shape index (κ2) is 7.97. The van der Waals surface area contributed by atoms with E-state index in [-0.39, 0.29) is 13.2 Å². The lowest BCUT2D eigenvalue weighted by molar-refractivity contribution is -0.173. The third kappa shape index (κ3) is 4.08. The molecule has 0 aliphatic heterocycles. The normalized spacial score (nSPS) is 15.5. The molecule has 1 fully saturated rings. The molecule has 0 spiro atoms. The summed E-state index contributed by atoms with van der Waals surface area (Å²) < 4.78 is 10.9. The Labute approximate surface area is 147 Å². The molecule has 0 amide bonds. The minimum Gasteiger partial charge on any atom is -0.460 e. The van der Waals surface area contributed by atoms with Gasteiger partial charge in [0.2, 0.25) is 0 Å². The first-order valence-electron chi connectivity index (χ1n) is 8.45. The minimum atomic E-state index is -1.20. The molecule has 4 nitrogen and oxygen atoms in total. The Bertz CT molecular complexity index is 646. The van der Waals surface area contributed by atoms with E-state index in [0.717, 1.165) is 11.1 Å². The standard InChI is InChI=1S/C21H21O4/c22-19(24-15-17-9-3-1-4-10-17)21(13-7-8-14-21)20(23)25-16-18-11-5-2-6-12-18/h1-7,9-12H,8,13-16H2. The summed E-state index contributed by atoms with van der Waals surface area (Å²) in [5, 5.41) is 0. The van der Waals surface area contributed by atoms with Crippen LogP contribution in [0.25, 0.3) is 0 Å². The zero-order chi connectivity index (χ0) is 17.5. The van der Waals surface area contributed by atoms with Gasteiger partial charge in [-0.05, 0) is 36.8 Å². The van der Waals surface area contributed by atoms with Gasteiger partial charge >= 0.3 is 11.9 Å². The van der Waals surface area contributed by atoms with Crippen LogP contribution in [-0.2, 0) is 32.3 Å². The van der Waals surface area contributed by atoms with Gasteiger partial charge in [-0.2, -0.15) is 0 Å². The molecule has 2 aromatic carbocycles. The Morgan fingerprint density at radius 1 is 0.800 bits per heavy atom. The highest BCUT2D eigenvalue weighted by Crippen LogP contribution is 2.40. The average Bonchev–Trinajstić information content (AvgIpc) is 3.17. The van der Waals surface area contributed by atoms with Crippen LogP contribution in [0.1, 0.15) is 30.4 Å². The summed E-state index contributed by atoms with van der Waals surface area (Å²) >= 11 is 0. The fourth-order valence-corrected chi connectivity index (χ4v) is 2.98. The number of hydrogen-bond donors (Lipinski definition) is 0. The van der Waals surface area contributed by atoms with E-state index in [1.165, 1.54) is 0 Å². The fourth-order valence-electron chi connectivity index (χ4n) is 2.98. The summed E-state index contributed by atoms with van der Waals surface area (Å²) in [5.74, 6) is -0.994. The van der Waals surface area contributed by atoms with Gasteiger partial charge in [0.25, 0.3) is 0 Å². The predicted molar refractivity (Wildman–Crippen MR) is 93.1 cm³/mol. The van der Waals surface area contributed by atoms with Gasteiger partial charge in [-0.25, -0.2) is 0 Å². The Balaban J connectivity index is 1.63. The highest BCUT2D eigenvalue weighted by molar-refractivity contribution is 6.00. The largest absolute Gasteiger partial charge is 0.460 e. The van der Waals surface area contributed by atoms with Gasteiger partial charge < -0.3 is 9.47 Å². The lowest BCUT2D eigenvalue weighted by Gasteiger charge is -2.24. The molecule has 1 aliphatic carbocycles. The lowest BCUT2D eigenvalue weighted by atomic mass is 9.86. The van der Waals surface area contributed by atoms with Crippen LogP contribution in [0.2, 0.25) is 0 Å². The van der Waals surface area contributed by atoms with Crippen LogP contribution in [0, 0.1) is 11.8 Å². The van der Waals surface area contributed by atoms with Crippen molar-refractivity contribution in [2.24, 2.45) is 5.41 Å². The second-order valence-corrected chi connectivity index (χ2v) is 6.24. The van der Waals surface area contributed by atoms with Crippen molar-refractivity contribution in [3.63, 3.8) is 0 Å². The molecule has 0 heterocycles. The Kier molecular flexibility index (Phi) is 5.49. The molecule has 1 aliphatic rings. The molecular formula is C21H21O4. The van der Waals surface area contributed by atoms with E-state index in [1.807, 2.05) is 67.1 Å². The van der Waals surface area contributed by atoms with Crippen molar-refractivity contribution in [1.82, 2.24) is 0 Å². The third-order valence-corrected chi connectivity index (χ3v) is 4.48. The first kappa shape index (κ1) is 17.2. The van der Waals surface area contributed by atoms with Crippen LogP contribution >= 0.6 is 0 Å². The summed E-state index contributed by atoms with van der Waals surface area (Å²) in [7, 11) is 0. The van der Waals surface area contributed by atoms with Crippen molar-refractivity contribution in [2.45, 2.75) is 32.5 Å². The van der Waals surface area contributed by atoms with Crippen LogP contribution < -0.4 is 0 Å². The smallest absolute Gasteiger partial charge is 0.323 e. The van der Waals surface area contributed by atoms with Gasteiger partial charge in [-0.3, -0.25) is 9.59 Å². The molecule has 0 unspecified atom stereocenters. The van der Waals surface area contributed by atoms with Crippen molar-refractivity contribution < 1.29 is 19.1 Å². The predicted octanol–water partition coefficient (Wildman–Crippen LogP) is 3.85. The van der Waals surface area contributed by atoms with E-state index < -0.39 is 17.4 Å². The quantitative estimate of drug-likeness (QED) is 0.593. The number of carbonyl (C=O) groups excluding carboxylic acids is 2. The van der Waals surface area contributed by atoms with E-state index in [1.54, 1.807) is 0 Å². The van der Waals surface area contributed by atoms with E-state index in [4.69, 9.17) is 9.47 Å². The zero-order valence-electron chi connectivity index (χ0n) is 14.0. The maximum absolute atomic E-state index is 12.7. The van der Waals surface area contributed by atoms with Crippen molar-refractivity contribution in [3.8, 4) is 0 Å². The van der Waals surface area contributed by atoms with Crippen LogP contribution in [0.15, 0.2) is 60.7 Å². The molecule has 0 saturated heterocycles. The second-order valence-electron chi connectivity index (χ2n) is 6.24. The Morgan fingerprint density at radius 3 is 1.68 bits per heavy atom. The molecule has 0 atom stereocenters. The highest BCUT2D eigenvalue weighted by atomic mass is 16.6. The lowest BCUT2D eigenvalue weighted by Crippen LogP contribution is -2.39. The topological polar surface area (TPSA) is 52.6 Å². The van der Waals surface area contributed by atoms with Gasteiger partial charge in [0.15, 0.2) is 5.41 Å². The third-order valence-electron chi connectivity index (χ3n) is 4.48. The summed E-state index contributed by atoms with van der Waals surface area (Å²) in [6.45, 7) is 0.320. The molecule has 25 heavy (non-hydrogen) atoms. The zero-order valence-corrected chi connectivity index (χ0v) is 14.0. The van der Waals surface area contributed by atoms with Gasteiger partial charge in [0.1, 0.15) is 13.2 Å². The minimum absolute atomic E-state index is 0.160. The summed E-state index contributed by atoms with van der Waals surface area (Å²) in [4.78, 5) is 25.3. The van der Waals surface area contributed by atoms with Gasteiger partial charge in [0.05, 0.1) is 0 Å². The van der Waals surface area contributed by atoms with Crippen LogP contribution in [0.4, 0.5) is 0 Å². The fraction of sp³-hybridized carbons (Fsp3) is 0.286. The first-order valence-corrected chi connectivity index (χ1v) is 8.45. The Morgan fingerprint density at radius 2 is 1.28 bits per heavy atom. The number of benzene rings is 2. The van der Waals surface area contributed by atoms with E-state index in [9.17, 15) is 9.59 Å². The highest BCUT2D eigenvalue weighted by Gasteiger charge is 2.51. The van der Waals surface area contributed by atoms with Gasteiger partial charge in [-0.1, -0.05) is 60.7 Å². The molecule has 0 aromatic heterocycles. The van der Waals surface area contributed by atoms with Crippen LogP contribution in [0.3, 0.4) is 0 Å². The van der Waals surface area contributed by atoms with E-state index in [2.05, 4.69) is 0 Å². The maximum Gasteiger partial charge on any atom is 0.323 e. The summed E-state index contributed by atoms with van der Waals surface area (Å²) in [5.41, 5.74) is 0.583. The van der Waals surface area contributed by atoms with Crippen molar-refractivity contribution >= 4 is 11.9 Å². The molecular weight excluding hydrogens is 316 g/mol. The van der Waals surface area contributed by atoms with Crippen LogP contribution in [-0.4, -0.2) is 11.9 Å². The van der Waals surface area contributed by atoms with Gasteiger partial charge in [0, 0.05) is 0 Å². The monoisotopic (exact) mass is 337 g/mol. The summed E-state index contributed by atoms with van der Waals surface area (Å²) in [6.07, 6.45) is 3.47. The number of esters is 2. The van der Waals surface area contributed by atoms with Crippen molar-refractivity contribution in [1.29, 1.82) is 0 Å². The van der Waals surface area contributed by atoms with Crippen molar-refractivity contribution in [3.05, 3.63) is 78.2 Å². The molecule has 3 rings (SSSR count). The SMILES string of the molecule is O=C(OCc1ccccc1)C1(C(=O)OCc2ccccc2)C[CH]CC1. The number of rotatable bonds is 6. The molecule has 1 radical (unpaired) electrons. The molecule has 2 aromatic rings.